The molecule has 4 fully saturated rings. The van der Waals surface area contributed by atoms with E-state index in [0.29, 0.717) is 106 Å². The fourth-order valence-electron chi connectivity index (χ4n) is 13.6. The number of hydrogen-bond acceptors (Lipinski definition) is 31. The highest BCUT2D eigenvalue weighted by atomic mass is 16.7. The smallest absolute Gasteiger partial charge is 0.416 e. The largest absolute Gasteiger partial charge is 0.493 e. The average molecular weight is 1590 g/mol. The van der Waals surface area contributed by atoms with Crippen LogP contribution in [0.15, 0.2) is 85.0 Å². The fourth-order valence-corrected chi connectivity index (χ4v) is 13.6. The van der Waals surface area contributed by atoms with Gasteiger partial charge in [0.05, 0.1) is 145 Å². The molecule has 4 aromatic rings. The Kier molecular flexibility index (Phi) is 32.4. The minimum Gasteiger partial charge on any atom is -0.493 e. The molecule has 4 saturated heterocycles. The van der Waals surface area contributed by atoms with Crippen LogP contribution in [0.1, 0.15) is 116 Å². The molecule has 6 aliphatic rings. The van der Waals surface area contributed by atoms with Crippen molar-refractivity contribution in [1.82, 2.24) is 9.80 Å². The first-order chi connectivity index (χ1) is 54.5. The Bertz CT molecular complexity index is 3920. The Morgan fingerprint density at radius 1 is 0.487 bits per heavy atom. The first-order valence-corrected chi connectivity index (χ1v) is 37.5. The highest BCUT2D eigenvalue weighted by molar-refractivity contribution is 6.07. The summed E-state index contributed by atoms with van der Waals surface area (Å²) in [6.45, 7) is 12.5. The number of aliphatic hydroxyl groups is 8. The Morgan fingerprint density at radius 2 is 0.912 bits per heavy atom. The molecule has 10 rings (SSSR count). The lowest BCUT2D eigenvalue weighted by Crippen LogP contribution is -2.54. The molecule has 0 bridgehead atoms. The molecule has 620 valence electrons. The summed E-state index contributed by atoms with van der Waals surface area (Å²) in [6.07, 6.45) is -15.3. The third-order valence-electron chi connectivity index (χ3n) is 19.7. The second-order valence-corrected chi connectivity index (χ2v) is 27.9. The second kappa shape index (κ2) is 42.2. The zero-order chi connectivity index (χ0) is 80.8. The van der Waals surface area contributed by atoms with Crippen molar-refractivity contribution in [3.05, 3.63) is 124 Å². The molecule has 4 amide bonds. The average Bonchev–Trinajstić information content (AvgIpc) is 1.68. The van der Waals surface area contributed by atoms with E-state index < -0.39 is 123 Å². The van der Waals surface area contributed by atoms with Crippen LogP contribution in [0, 0.1) is 6.92 Å². The summed E-state index contributed by atoms with van der Waals surface area (Å²) in [5.41, 5.74) is 2.51. The number of rotatable bonds is 42. The molecule has 113 heavy (non-hydrogen) atoms. The topological polar surface area (TPSA) is 451 Å². The third-order valence-corrected chi connectivity index (χ3v) is 19.7. The summed E-state index contributed by atoms with van der Waals surface area (Å²) in [6, 6.07) is 12.8. The van der Waals surface area contributed by atoms with Gasteiger partial charge in [-0.3, -0.25) is 19.2 Å². The molecule has 12 atom stereocenters. The van der Waals surface area contributed by atoms with Crippen molar-refractivity contribution in [3.63, 3.8) is 0 Å². The number of benzene rings is 4. The van der Waals surface area contributed by atoms with E-state index in [0.717, 1.165) is 9.80 Å². The molecule has 0 saturated carbocycles. The Balaban J connectivity index is 0.764. The number of ketones is 2. The molecule has 10 N–H and O–H groups in total. The zero-order valence-corrected chi connectivity index (χ0v) is 63.5. The molecular weight excluding hydrogens is 1490 g/mol. The minimum absolute atomic E-state index is 0.00245. The summed E-state index contributed by atoms with van der Waals surface area (Å²) in [5, 5.41) is 86.5. The Labute approximate surface area is 652 Å². The summed E-state index contributed by atoms with van der Waals surface area (Å²) in [5.74, 6) is 3.65. The minimum atomic E-state index is -1.69. The van der Waals surface area contributed by atoms with Gasteiger partial charge in [-0.05, 0) is 105 Å². The van der Waals surface area contributed by atoms with Crippen molar-refractivity contribution in [2.45, 2.75) is 152 Å². The van der Waals surface area contributed by atoms with Crippen molar-refractivity contribution in [1.29, 1.82) is 0 Å². The molecule has 0 aromatic heterocycles. The molecule has 0 spiro atoms. The van der Waals surface area contributed by atoms with Gasteiger partial charge in [0.15, 0.2) is 35.5 Å². The Hall–Kier alpha value is -8.54. The predicted molar refractivity (Wildman–Crippen MR) is 396 cm³/mol. The number of aryl methyl sites for hydroxylation is 1. The van der Waals surface area contributed by atoms with E-state index >= 15 is 0 Å². The SMILES string of the molecule is C=C1C[C@H]2C(O)N(C(=O)OCc3ccc(O[C@@H]4OC[C@@H](O)[C@H](O)[C@H]4O)c(C(=O)CCCOCCOCCOCCOCCOCCON)c3)c3cc(OCCCCCOc4cc5c(cc4OC)C(=O)N4CC(=C)C[C@H]4C(O)N5C(=O)OCc4ccc(O[C@@H]5OC[C@@H](O)[C@H](O)[C@H]5O)c(C(=O)CCCOC)c4)c(C)cc3C(=O)N2C1. The lowest BCUT2D eigenvalue weighted by molar-refractivity contribution is -0.242. The van der Waals surface area contributed by atoms with Gasteiger partial charge in [0.25, 0.3) is 11.8 Å². The van der Waals surface area contributed by atoms with Gasteiger partial charge in [0.2, 0.25) is 12.6 Å². The number of amides is 4. The maximum atomic E-state index is 14.6. The van der Waals surface area contributed by atoms with Gasteiger partial charge in [0, 0.05) is 58.4 Å². The van der Waals surface area contributed by atoms with Gasteiger partial charge in [0.1, 0.15) is 67.1 Å². The van der Waals surface area contributed by atoms with Crippen molar-refractivity contribution < 1.29 is 146 Å². The van der Waals surface area contributed by atoms with Crippen molar-refractivity contribution in [2.24, 2.45) is 5.90 Å². The predicted octanol–water partition coefficient (Wildman–Crippen LogP) is 3.30. The van der Waals surface area contributed by atoms with Gasteiger partial charge in [-0.15, -0.1) is 0 Å². The standard InChI is InChI=1S/C78H103N5O30/c1-45-31-56-73(94)82(77(96)109-41-49-14-16-63(113-76-70(91)68(89)61(87)44-108-76)53(35-49)59(85)12-10-18-100-21-22-101-23-24-102-25-26-103-27-28-104-29-30-111-79)54-37-64(47(3)33-50(54)71(92)80(56)39-45)105-19-7-6-8-20-106-66-38-55-51(36-65(66)99-5)72(93)81-40-46(2)32-57(81)74(95)83(55)78(97)110-42-48-13-15-62(52(34-48)58(84)11-9-17-98-4)112-75-69(90)67(88)60(86)43-107-75/h13-16,33-38,56-57,60-61,67-70,73-76,86-91,94-95H,1-2,6-12,17-32,39-44,79H2,3-5H3/t56-,57-,60+,61+,67-,68-,69+,70+,73?,74?,75-,76-/m0/s1. The normalized spacial score (nSPS) is 23.4. The number of Topliss-reactive ketones (excluding diaryl/α,β-unsaturated/α-hetero) is 2. The molecule has 2 unspecified atom stereocenters. The van der Waals surface area contributed by atoms with Crippen LogP contribution in [0.5, 0.6) is 28.7 Å². The number of carbonyl (C=O) groups is 6. The number of nitrogens with zero attached hydrogens (tertiary/aromatic N) is 4. The van der Waals surface area contributed by atoms with Crippen LogP contribution in [0.25, 0.3) is 0 Å². The van der Waals surface area contributed by atoms with E-state index in [1.807, 2.05) is 0 Å². The number of anilines is 2. The van der Waals surface area contributed by atoms with Crippen LogP contribution in [0.4, 0.5) is 21.0 Å². The van der Waals surface area contributed by atoms with E-state index in [2.05, 4.69) is 18.0 Å². The molecular formula is C78H103N5O30. The number of hydrogen-bond donors (Lipinski definition) is 9. The highest BCUT2D eigenvalue weighted by Gasteiger charge is 2.49. The van der Waals surface area contributed by atoms with Crippen LogP contribution < -0.4 is 39.4 Å². The number of nitrogens with two attached hydrogens (primary N) is 1. The molecule has 6 heterocycles. The van der Waals surface area contributed by atoms with Crippen LogP contribution >= 0.6 is 0 Å². The monoisotopic (exact) mass is 1590 g/mol. The lowest BCUT2D eigenvalue weighted by Gasteiger charge is -2.35. The molecule has 35 heteroatoms. The van der Waals surface area contributed by atoms with Gasteiger partial charge in [-0.2, -0.15) is 0 Å². The van der Waals surface area contributed by atoms with Crippen LogP contribution in [-0.2, 0) is 65.4 Å². The third kappa shape index (κ3) is 22.3. The van der Waals surface area contributed by atoms with Crippen molar-refractivity contribution >= 4 is 46.9 Å². The van der Waals surface area contributed by atoms with E-state index in [4.69, 9.17) is 76.9 Å². The summed E-state index contributed by atoms with van der Waals surface area (Å²) in [7, 11) is 2.87. The van der Waals surface area contributed by atoms with E-state index in [-0.39, 0.29) is 160 Å². The number of unbranched alkanes of at least 4 members (excludes halogenated alkanes) is 2. The highest BCUT2D eigenvalue weighted by Crippen LogP contribution is 2.44. The maximum absolute atomic E-state index is 14.6. The quantitative estimate of drug-likeness (QED) is 0.0133. The van der Waals surface area contributed by atoms with Gasteiger partial charge in [-0.25, -0.2) is 25.3 Å². The van der Waals surface area contributed by atoms with Gasteiger partial charge < -0.3 is 127 Å². The van der Waals surface area contributed by atoms with E-state index in [9.17, 15) is 69.6 Å². The molecule has 0 radical (unpaired) electrons. The first kappa shape index (κ1) is 86.9. The summed E-state index contributed by atoms with van der Waals surface area (Å²) < 4.78 is 85.6. The maximum Gasteiger partial charge on any atom is 0.416 e. The zero-order valence-electron chi connectivity index (χ0n) is 63.5. The van der Waals surface area contributed by atoms with Crippen LogP contribution in [0.2, 0.25) is 0 Å². The first-order valence-electron chi connectivity index (χ1n) is 37.5. The van der Waals surface area contributed by atoms with E-state index in [1.54, 1.807) is 13.0 Å². The molecule has 35 nitrogen and oxygen atoms in total. The van der Waals surface area contributed by atoms with Crippen molar-refractivity contribution in [2.75, 3.05) is 143 Å². The van der Waals surface area contributed by atoms with Gasteiger partial charge >= 0.3 is 12.2 Å². The fraction of sp³-hybridized carbons (Fsp3) is 0.564. The van der Waals surface area contributed by atoms with E-state index in [1.165, 1.54) is 78.6 Å². The second-order valence-electron chi connectivity index (χ2n) is 27.9. The number of ether oxygens (including phenoxy) is 15. The van der Waals surface area contributed by atoms with Gasteiger partial charge in [-0.1, -0.05) is 36.4 Å². The van der Waals surface area contributed by atoms with Crippen LogP contribution in [-0.4, -0.2) is 293 Å². The number of aliphatic hydroxyl groups excluding tert-OH is 8. The number of fused-ring (bicyclic) bond motifs is 4. The lowest BCUT2D eigenvalue weighted by atomic mass is 10.0. The number of methoxy groups -OCH3 is 2. The van der Waals surface area contributed by atoms with Crippen LogP contribution in [0.3, 0.4) is 0 Å². The number of carbonyl (C=O) groups excluding carboxylic acids is 6. The molecule has 0 aliphatic carbocycles. The Morgan fingerprint density at radius 3 is 1.36 bits per heavy atom. The molecule has 6 aliphatic heterocycles. The molecule has 4 aromatic carbocycles. The van der Waals surface area contributed by atoms with Crippen molar-refractivity contribution in [3.8, 4) is 28.7 Å². The summed E-state index contributed by atoms with van der Waals surface area (Å²) >= 11 is 0. The summed E-state index contributed by atoms with van der Waals surface area (Å²) in [4.78, 5) is 95.1.